The zero-order chi connectivity index (χ0) is 16.4. The van der Waals surface area contributed by atoms with Crippen LogP contribution in [0.2, 0.25) is 0 Å². The number of hydrogen-bond donors (Lipinski definition) is 2. The first kappa shape index (κ1) is 15.5. The van der Waals surface area contributed by atoms with Gasteiger partial charge in [0, 0.05) is 37.3 Å². The van der Waals surface area contributed by atoms with E-state index in [1.807, 2.05) is 25.1 Å². The molecular formula is C17H21N3O3. The largest absolute Gasteiger partial charge is 0.355 e. The van der Waals surface area contributed by atoms with E-state index in [-0.39, 0.29) is 23.6 Å². The van der Waals surface area contributed by atoms with Gasteiger partial charge in [0.15, 0.2) is 0 Å². The number of amides is 3. The number of anilines is 2. The third-order valence-electron chi connectivity index (χ3n) is 4.46. The lowest BCUT2D eigenvalue weighted by molar-refractivity contribution is -0.126. The molecule has 6 heteroatoms. The van der Waals surface area contributed by atoms with Gasteiger partial charge >= 0.3 is 0 Å². The molecule has 122 valence electrons. The Balaban J connectivity index is 1.67. The fraction of sp³-hybridized carbons (Fsp3) is 0.471. The number of carbonyl (C=O) groups is 3. The summed E-state index contributed by atoms with van der Waals surface area (Å²) < 4.78 is 0. The summed E-state index contributed by atoms with van der Waals surface area (Å²) in [5, 5.41) is 5.62. The monoisotopic (exact) mass is 315 g/mol. The van der Waals surface area contributed by atoms with Gasteiger partial charge in [-0.15, -0.1) is 0 Å². The van der Waals surface area contributed by atoms with Crippen LogP contribution in [0.1, 0.15) is 31.2 Å². The summed E-state index contributed by atoms with van der Waals surface area (Å²) in [7, 11) is 0. The highest BCUT2D eigenvalue weighted by Gasteiger charge is 2.25. The average molecular weight is 315 g/mol. The van der Waals surface area contributed by atoms with Crippen molar-refractivity contribution in [2.24, 2.45) is 5.92 Å². The molecule has 0 spiro atoms. The lowest BCUT2D eigenvalue weighted by atomic mass is 9.98. The zero-order valence-electron chi connectivity index (χ0n) is 13.2. The van der Waals surface area contributed by atoms with Crippen LogP contribution in [0.4, 0.5) is 11.4 Å². The second-order valence-electron chi connectivity index (χ2n) is 6.18. The average Bonchev–Trinajstić information content (AvgIpc) is 2.94. The van der Waals surface area contributed by atoms with E-state index >= 15 is 0 Å². The number of hydrogen-bond acceptors (Lipinski definition) is 3. The summed E-state index contributed by atoms with van der Waals surface area (Å²) in [5.74, 6) is -0.102. The standard InChI is InChI=1S/C17H21N3O3/c1-11-9-13(5-6-14(11)20-8-2-3-16(20)22)19-17(23)12-4-7-15(21)18-10-12/h5-6,9,12H,2-4,7-8,10H2,1H3,(H,18,21)(H,19,23). The minimum atomic E-state index is -0.187. The molecule has 0 bridgehead atoms. The van der Waals surface area contributed by atoms with Crippen molar-refractivity contribution < 1.29 is 14.4 Å². The minimum Gasteiger partial charge on any atom is -0.355 e. The van der Waals surface area contributed by atoms with Crippen molar-refractivity contribution >= 4 is 29.1 Å². The fourth-order valence-corrected chi connectivity index (χ4v) is 3.14. The molecule has 2 saturated heterocycles. The van der Waals surface area contributed by atoms with E-state index in [2.05, 4.69) is 10.6 Å². The number of carbonyl (C=O) groups excluding carboxylic acids is 3. The number of piperidine rings is 1. The minimum absolute atomic E-state index is 0.00419. The van der Waals surface area contributed by atoms with Crippen LogP contribution in [0.3, 0.4) is 0 Å². The molecule has 2 aliphatic rings. The van der Waals surface area contributed by atoms with Crippen molar-refractivity contribution in [3.63, 3.8) is 0 Å². The van der Waals surface area contributed by atoms with Crippen LogP contribution >= 0.6 is 0 Å². The Morgan fingerprint density at radius 1 is 1.30 bits per heavy atom. The normalized spacial score (nSPS) is 21.3. The van der Waals surface area contributed by atoms with Gasteiger partial charge in [-0.05, 0) is 43.5 Å². The van der Waals surface area contributed by atoms with Gasteiger partial charge in [0.1, 0.15) is 0 Å². The molecule has 0 aromatic heterocycles. The highest BCUT2D eigenvalue weighted by atomic mass is 16.2. The molecule has 0 radical (unpaired) electrons. The number of rotatable bonds is 3. The highest BCUT2D eigenvalue weighted by Crippen LogP contribution is 2.27. The molecule has 3 rings (SSSR count). The van der Waals surface area contributed by atoms with Gasteiger partial charge in [0.25, 0.3) is 0 Å². The van der Waals surface area contributed by atoms with Gasteiger partial charge < -0.3 is 15.5 Å². The summed E-state index contributed by atoms with van der Waals surface area (Å²) >= 11 is 0. The lowest BCUT2D eigenvalue weighted by Crippen LogP contribution is -2.40. The van der Waals surface area contributed by atoms with Crippen molar-refractivity contribution in [2.45, 2.75) is 32.6 Å². The first-order valence-electron chi connectivity index (χ1n) is 8.03. The van der Waals surface area contributed by atoms with E-state index in [1.54, 1.807) is 4.90 Å². The molecule has 2 heterocycles. The maximum Gasteiger partial charge on any atom is 0.229 e. The van der Waals surface area contributed by atoms with Crippen molar-refractivity contribution in [3.8, 4) is 0 Å². The lowest BCUT2D eigenvalue weighted by Gasteiger charge is -2.22. The molecule has 1 aromatic rings. The Morgan fingerprint density at radius 2 is 2.13 bits per heavy atom. The molecule has 23 heavy (non-hydrogen) atoms. The van der Waals surface area contributed by atoms with Crippen molar-refractivity contribution in [1.82, 2.24) is 5.32 Å². The van der Waals surface area contributed by atoms with Crippen LogP contribution < -0.4 is 15.5 Å². The van der Waals surface area contributed by atoms with Crippen LogP contribution in [-0.4, -0.2) is 30.8 Å². The van der Waals surface area contributed by atoms with Gasteiger partial charge in [-0.2, -0.15) is 0 Å². The smallest absolute Gasteiger partial charge is 0.229 e. The van der Waals surface area contributed by atoms with E-state index < -0.39 is 0 Å². The highest BCUT2D eigenvalue weighted by molar-refractivity contribution is 5.97. The summed E-state index contributed by atoms with van der Waals surface area (Å²) in [6.45, 7) is 3.09. The Bertz CT molecular complexity index is 646. The maximum atomic E-state index is 12.3. The topological polar surface area (TPSA) is 78.5 Å². The van der Waals surface area contributed by atoms with E-state index in [9.17, 15) is 14.4 Å². The van der Waals surface area contributed by atoms with Crippen LogP contribution in [0.5, 0.6) is 0 Å². The number of nitrogens with zero attached hydrogens (tertiary/aromatic N) is 1. The number of aryl methyl sites for hydroxylation is 1. The van der Waals surface area contributed by atoms with Gasteiger partial charge in [-0.1, -0.05) is 0 Å². The number of benzene rings is 1. The molecule has 3 amide bonds. The second kappa shape index (κ2) is 6.40. The van der Waals surface area contributed by atoms with Crippen molar-refractivity contribution in [1.29, 1.82) is 0 Å². The maximum absolute atomic E-state index is 12.3. The third kappa shape index (κ3) is 3.36. The van der Waals surface area contributed by atoms with Crippen LogP contribution in [-0.2, 0) is 14.4 Å². The number of nitrogens with one attached hydrogen (secondary N) is 2. The first-order valence-corrected chi connectivity index (χ1v) is 8.03. The molecule has 6 nitrogen and oxygen atoms in total. The summed E-state index contributed by atoms with van der Waals surface area (Å²) in [4.78, 5) is 37.0. The molecular weight excluding hydrogens is 294 g/mol. The van der Waals surface area contributed by atoms with Crippen molar-refractivity contribution in [2.75, 3.05) is 23.3 Å². The Kier molecular flexibility index (Phi) is 4.32. The molecule has 2 aliphatic heterocycles. The van der Waals surface area contributed by atoms with Crippen LogP contribution in [0.25, 0.3) is 0 Å². The molecule has 2 N–H and O–H groups in total. The predicted octanol–water partition coefficient (Wildman–Crippen LogP) is 1.59. The summed E-state index contributed by atoms with van der Waals surface area (Å²) in [6.07, 6.45) is 2.47. The molecule has 0 saturated carbocycles. The zero-order valence-corrected chi connectivity index (χ0v) is 13.2. The fourth-order valence-electron chi connectivity index (χ4n) is 3.14. The molecule has 0 aliphatic carbocycles. The van der Waals surface area contributed by atoms with Gasteiger partial charge in [0.05, 0.1) is 5.92 Å². The third-order valence-corrected chi connectivity index (χ3v) is 4.46. The molecule has 1 atom stereocenters. The quantitative estimate of drug-likeness (QED) is 0.889. The van der Waals surface area contributed by atoms with Crippen LogP contribution in [0.15, 0.2) is 18.2 Å². The Hall–Kier alpha value is -2.37. The molecule has 1 unspecified atom stereocenters. The van der Waals surface area contributed by atoms with E-state index in [1.165, 1.54) is 0 Å². The van der Waals surface area contributed by atoms with Crippen LogP contribution in [0, 0.1) is 12.8 Å². The Morgan fingerprint density at radius 3 is 2.74 bits per heavy atom. The summed E-state index contributed by atoms with van der Waals surface area (Å²) in [5.41, 5.74) is 2.60. The molecule has 1 aromatic carbocycles. The van der Waals surface area contributed by atoms with Gasteiger partial charge in [-0.25, -0.2) is 0 Å². The van der Waals surface area contributed by atoms with E-state index in [0.717, 1.165) is 29.9 Å². The summed E-state index contributed by atoms with van der Waals surface area (Å²) in [6, 6.07) is 5.60. The predicted molar refractivity (Wildman–Crippen MR) is 87.1 cm³/mol. The first-order chi connectivity index (χ1) is 11.0. The van der Waals surface area contributed by atoms with Gasteiger partial charge in [-0.3, -0.25) is 14.4 Å². The second-order valence-corrected chi connectivity index (χ2v) is 6.18. The van der Waals surface area contributed by atoms with Crippen molar-refractivity contribution in [3.05, 3.63) is 23.8 Å². The Labute approximate surface area is 135 Å². The van der Waals surface area contributed by atoms with Gasteiger partial charge in [0.2, 0.25) is 17.7 Å². The van der Waals surface area contributed by atoms with E-state index in [4.69, 9.17) is 0 Å². The molecule has 2 fully saturated rings. The SMILES string of the molecule is Cc1cc(NC(=O)C2CCC(=O)NC2)ccc1N1CCCC1=O. The van der Waals surface area contributed by atoms with E-state index in [0.29, 0.717) is 25.8 Å².